The lowest BCUT2D eigenvalue weighted by molar-refractivity contribution is -0.133. The van der Waals surface area contributed by atoms with E-state index < -0.39 is 0 Å². The molecule has 94 valence electrons. The quantitative estimate of drug-likeness (QED) is 0.777. The Kier molecular flexibility index (Phi) is 4.74. The molecule has 0 spiro atoms. The van der Waals surface area contributed by atoms with Crippen molar-refractivity contribution in [1.82, 2.24) is 5.32 Å². The number of nitrogens with one attached hydrogen (secondary N) is 1. The van der Waals surface area contributed by atoms with Crippen molar-refractivity contribution >= 4 is 5.91 Å². The molecule has 1 amide bonds. The number of ether oxygens (including phenoxy) is 2. The average molecular weight is 229 g/mol. The molecule has 1 fully saturated rings. The van der Waals surface area contributed by atoms with Gasteiger partial charge in [-0.2, -0.15) is 0 Å². The molecular formula is C12H23NO3. The lowest BCUT2D eigenvalue weighted by Gasteiger charge is -2.35. The largest absolute Gasteiger partial charge is 0.378 e. The van der Waals surface area contributed by atoms with Crippen LogP contribution in [-0.4, -0.2) is 36.9 Å². The number of hydrogen-bond acceptors (Lipinski definition) is 3. The third kappa shape index (κ3) is 4.94. The number of carbonyl (C=O) groups excluding carboxylic acids is 1. The van der Waals surface area contributed by atoms with Gasteiger partial charge in [-0.25, -0.2) is 0 Å². The summed E-state index contributed by atoms with van der Waals surface area (Å²) >= 11 is 0. The zero-order valence-electron chi connectivity index (χ0n) is 10.7. The Morgan fingerprint density at radius 1 is 1.38 bits per heavy atom. The summed E-state index contributed by atoms with van der Waals surface area (Å²) in [5.41, 5.74) is -0.259. The van der Waals surface area contributed by atoms with Crippen LogP contribution in [0.4, 0.5) is 0 Å². The molecule has 4 heteroatoms. The lowest BCUT2D eigenvalue weighted by Crippen LogP contribution is -2.49. The van der Waals surface area contributed by atoms with Crippen molar-refractivity contribution in [3.63, 3.8) is 0 Å². The van der Waals surface area contributed by atoms with Crippen LogP contribution in [0.1, 0.15) is 40.5 Å². The summed E-state index contributed by atoms with van der Waals surface area (Å²) in [6, 6.07) is 0.271. The van der Waals surface area contributed by atoms with Gasteiger partial charge in [-0.3, -0.25) is 4.79 Å². The molecule has 1 N–H and O–H groups in total. The van der Waals surface area contributed by atoms with Crippen LogP contribution in [0.2, 0.25) is 0 Å². The van der Waals surface area contributed by atoms with Gasteiger partial charge in [-0.15, -0.1) is 0 Å². The molecule has 4 nitrogen and oxygen atoms in total. The first kappa shape index (κ1) is 13.5. The summed E-state index contributed by atoms with van der Waals surface area (Å²) in [6.45, 7) is 8.69. The first-order chi connectivity index (χ1) is 7.40. The molecule has 0 aliphatic heterocycles. The summed E-state index contributed by atoms with van der Waals surface area (Å²) < 4.78 is 10.8. The van der Waals surface area contributed by atoms with Gasteiger partial charge in [0.1, 0.15) is 6.61 Å². The first-order valence-corrected chi connectivity index (χ1v) is 5.95. The molecule has 0 aromatic carbocycles. The van der Waals surface area contributed by atoms with Gasteiger partial charge in [-0.05, 0) is 40.5 Å². The van der Waals surface area contributed by atoms with Crippen molar-refractivity contribution in [2.24, 2.45) is 0 Å². The molecule has 0 aromatic rings. The molecule has 0 radical (unpaired) electrons. The van der Waals surface area contributed by atoms with Crippen LogP contribution in [0.5, 0.6) is 0 Å². The zero-order valence-corrected chi connectivity index (χ0v) is 10.7. The molecule has 0 bridgehead atoms. The second kappa shape index (κ2) is 5.64. The van der Waals surface area contributed by atoms with Gasteiger partial charge in [0.25, 0.3) is 0 Å². The third-order valence-electron chi connectivity index (χ3n) is 2.50. The SMILES string of the molecule is CCOC1CC(NC(=O)COC(C)(C)C)C1. The summed E-state index contributed by atoms with van der Waals surface area (Å²) in [5.74, 6) is -0.0325. The topological polar surface area (TPSA) is 47.6 Å². The maximum Gasteiger partial charge on any atom is 0.246 e. The van der Waals surface area contributed by atoms with Crippen molar-refractivity contribution in [3.05, 3.63) is 0 Å². The fourth-order valence-corrected chi connectivity index (χ4v) is 1.61. The fourth-order valence-electron chi connectivity index (χ4n) is 1.61. The third-order valence-corrected chi connectivity index (χ3v) is 2.50. The lowest BCUT2D eigenvalue weighted by atomic mass is 9.89. The van der Waals surface area contributed by atoms with Crippen molar-refractivity contribution in [2.75, 3.05) is 13.2 Å². The standard InChI is InChI=1S/C12H23NO3/c1-5-15-10-6-9(7-10)13-11(14)8-16-12(2,3)4/h9-10H,5-8H2,1-4H3,(H,13,14). The summed E-state index contributed by atoms with van der Waals surface area (Å²) in [5, 5.41) is 2.93. The van der Waals surface area contributed by atoms with Crippen LogP contribution in [0.3, 0.4) is 0 Å². The van der Waals surface area contributed by atoms with Crippen LogP contribution in [-0.2, 0) is 14.3 Å². The molecule has 0 heterocycles. The molecule has 1 saturated carbocycles. The maximum absolute atomic E-state index is 11.5. The zero-order chi connectivity index (χ0) is 12.2. The monoisotopic (exact) mass is 229 g/mol. The Labute approximate surface area is 97.7 Å². The van der Waals surface area contributed by atoms with Crippen LogP contribution in [0.15, 0.2) is 0 Å². The van der Waals surface area contributed by atoms with Crippen LogP contribution >= 0.6 is 0 Å². The molecule has 1 aliphatic carbocycles. The van der Waals surface area contributed by atoms with Crippen molar-refractivity contribution in [3.8, 4) is 0 Å². The summed E-state index contributed by atoms with van der Waals surface area (Å²) in [4.78, 5) is 11.5. The van der Waals surface area contributed by atoms with E-state index in [-0.39, 0.29) is 24.2 Å². The van der Waals surface area contributed by atoms with E-state index in [0.29, 0.717) is 6.10 Å². The molecule has 1 aliphatic rings. The number of rotatable bonds is 5. The van der Waals surface area contributed by atoms with Crippen LogP contribution in [0.25, 0.3) is 0 Å². The van der Waals surface area contributed by atoms with Crippen molar-refractivity contribution < 1.29 is 14.3 Å². The van der Waals surface area contributed by atoms with E-state index in [1.54, 1.807) is 0 Å². The highest BCUT2D eigenvalue weighted by molar-refractivity contribution is 5.77. The number of amides is 1. The Balaban J connectivity index is 2.08. The Morgan fingerprint density at radius 2 is 2.00 bits per heavy atom. The van der Waals surface area contributed by atoms with Gasteiger partial charge in [0.15, 0.2) is 0 Å². The highest BCUT2D eigenvalue weighted by Crippen LogP contribution is 2.23. The highest BCUT2D eigenvalue weighted by Gasteiger charge is 2.30. The molecule has 0 unspecified atom stereocenters. The van der Waals surface area contributed by atoms with Gasteiger partial charge >= 0.3 is 0 Å². The normalized spacial score (nSPS) is 25.0. The minimum absolute atomic E-state index is 0.0325. The minimum Gasteiger partial charge on any atom is -0.378 e. The van der Waals surface area contributed by atoms with Crippen LogP contribution in [0, 0.1) is 0 Å². The Morgan fingerprint density at radius 3 is 2.50 bits per heavy atom. The van der Waals surface area contributed by atoms with E-state index in [9.17, 15) is 4.79 Å². The van der Waals surface area contributed by atoms with E-state index in [4.69, 9.17) is 9.47 Å². The van der Waals surface area contributed by atoms with Crippen LogP contribution < -0.4 is 5.32 Å². The Hall–Kier alpha value is -0.610. The summed E-state index contributed by atoms with van der Waals surface area (Å²) in [7, 11) is 0. The molecule has 1 rings (SSSR count). The first-order valence-electron chi connectivity index (χ1n) is 5.95. The molecule has 0 atom stereocenters. The van der Waals surface area contributed by atoms with E-state index in [0.717, 1.165) is 19.4 Å². The van der Waals surface area contributed by atoms with E-state index in [1.807, 2.05) is 27.7 Å². The van der Waals surface area contributed by atoms with Gasteiger partial charge in [0.2, 0.25) is 5.91 Å². The van der Waals surface area contributed by atoms with Crippen molar-refractivity contribution in [1.29, 1.82) is 0 Å². The summed E-state index contributed by atoms with van der Waals surface area (Å²) in [6.07, 6.45) is 2.18. The van der Waals surface area contributed by atoms with E-state index in [2.05, 4.69) is 5.32 Å². The maximum atomic E-state index is 11.5. The predicted octanol–water partition coefficient (Wildman–Crippen LogP) is 1.49. The fraction of sp³-hybridized carbons (Fsp3) is 0.917. The smallest absolute Gasteiger partial charge is 0.246 e. The van der Waals surface area contributed by atoms with Crippen molar-refractivity contribution in [2.45, 2.75) is 58.3 Å². The van der Waals surface area contributed by atoms with Gasteiger partial charge < -0.3 is 14.8 Å². The molecular weight excluding hydrogens is 206 g/mol. The molecule has 16 heavy (non-hydrogen) atoms. The van der Waals surface area contributed by atoms with Gasteiger partial charge in [0.05, 0.1) is 11.7 Å². The Bertz CT molecular complexity index is 229. The molecule has 0 saturated heterocycles. The van der Waals surface area contributed by atoms with Gasteiger partial charge in [-0.1, -0.05) is 0 Å². The minimum atomic E-state index is -0.259. The second-order valence-electron chi connectivity index (χ2n) is 5.21. The van der Waals surface area contributed by atoms with E-state index >= 15 is 0 Å². The number of carbonyl (C=O) groups is 1. The molecule has 0 aromatic heterocycles. The van der Waals surface area contributed by atoms with Gasteiger partial charge in [0, 0.05) is 12.6 Å². The second-order valence-corrected chi connectivity index (χ2v) is 5.21. The highest BCUT2D eigenvalue weighted by atomic mass is 16.5. The van der Waals surface area contributed by atoms with E-state index in [1.165, 1.54) is 0 Å². The number of hydrogen-bond donors (Lipinski definition) is 1. The average Bonchev–Trinajstić information content (AvgIpc) is 2.10. The predicted molar refractivity (Wildman–Crippen MR) is 62.3 cm³/mol.